The zero-order valence-electron chi connectivity index (χ0n) is 12.3. The Hall–Kier alpha value is -1.56. The van der Waals surface area contributed by atoms with Crippen LogP contribution in [0.4, 0.5) is 11.6 Å². The Labute approximate surface area is 120 Å². The third-order valence-corrected chi connectivity index (χ3v) is 3.40. The molecule has 1 aromatic heterocycles. The predicted octanol–water partition coefficient (Wildman–Crippen LogP) is 2.29. The number of nitrogens with zero attached hydrogens (tertiary/aromatic N) is 2. The number of nitrogens with one attached hydrogen (secondary N) is 2. The van der Waals surface area contributed by atoms with E-state index >= 15 is 0 Å². The largest absolute Gasteiger partial charge is 0.490 e. The van der Waals surface area contributed by atoms with Gasteiger partial charge in [0.2, 0.25) is 5.75 Å². The first-order valence-corrected chi connectivity index (χ1v) is 7.33. The molecular weight excluding hydrogens is 256 g/mol. The van der Waals surface area contributed by atoms with Crippen molar-refractivity contribution in [1.29, 1.82) is 0 Å². The molecule has 6 nitrogen and oxygen atoms in total. The van der Waals surface area contributed by atoms with Gasteiger partial charge in [0.25, 0.3) is 0 Å². The highest BCUT2D eigenvalue weighted by Crippen LogP contribution is 2.28. The quantitative estimate of drug-likeness (QED) is 0.712. The molecule has 6 heteroatoms. The smallest absolute Gasteiger partial charge is 0.204 e. The summed E-state index contributed by atoms with van der Waals surface area (Å²) < 4.78 is 11.2. The fourth-order valence-electron chi connectivity index (χ4n) is 2.44. The average molecular weight is 280 g/mol. The third kappa shape index (κ3) is 3.96. The maximum absolute atomic E-state index is 5.81. The van der Waals surface area contributed by atoms with Crippen LogP contribution in [-0.4, -0.2) is 42.9 Å². The molecule has 0 bridgehead atoms. The first-order valence-electron chi connectivity index (χ1n) is 7.33. The molecule has 1 saturated carbocycles. The second kappa shape index (κ2) is 7.89. The lowest BCUT2D eigenvalue weighted by molar-refractivity contribution is 0.0658. The number of hydrogen-bond donors (Lipinski definition) is 2. The van der Waals surface area contributed by atoms with Crippen LogP contribution in [0, 0.1) is 0 Å². The molecule has 0 atom stereocenters. The van der Waals surface area contributed by atoms with Gasteiger partial charge in [-0.3, -0.25) is 0 Å². The molecule has 0 saturated heterocycles. The molecule has 1 aliphatic carbocycles. The second-order valence-electron chi connectivity index (χ2n) is 4.84. The van der Waals surface area contributed by atoms with Crippen molar-refractivity contribution >= 4 is 11.6 Å². The van der Waals surface area contributed by atoms with Gasteiger partial charge in [0.15, 0.2) is 11.6 Å². The fourth-order valence-corrected chi connectivity index (χ4v) is 2.44. The summed E-state index contributed by atoms with van der Waals surface area (Å²) in [5, 5.41) is 6.40. The van der Waals surface area contributed by atoms with E-state index in [9.17, 15) is 0 Å². The van der Waals surface area contributed by atoms with Gasteiger partial charge in [-0.2, -0.15) is 0 Å². The molecular formula is C14H24N4O2. The van der Waals surface area contributed by atoms with Crippen molar-refractivity contribution in [3.05, 3.63) is 6.33 Å². The lowest BCUT2D eigenvalue weighted by Gasteiger charge is -2.15. The molecule has 1 fully saturated rings. The molecule has 2 rings (SSSR count). The average Bonchev–Trinajstić information content (AvgIpc) is 2.97. The first kappa shape index (κ1) is 14.8. The fraction of sp³-hybridized carbons (Fsp3) is 0.714. The summed E-state index contributed by atoms with van der Waals surface area (Å²) in [4.78, 5) is 8.39. The summed E-state index contributed by atoms with van der Waals surface area (Å²) in [7, 11) is 1.62. The number of methoxy groups -OCH3 is 1. The summed E-state index contributed by atoms with van der Waals surface area (Å²) in [6, 6.07) is 0. The molecule has 1 aromatic rings. The summed E-state index contributed by atoms with van der Waals surface area (Å²) in [5.74, 6) is 2.06. The topological polar surface area (TPSA) is 68.3 Å². The van der Waals surface area contributed by atoms with E-state index in [-0.39, 0.29) is 0 Å². The van der Waals surface area contributed by atoms with Crippen LogP contribution in [-0.2, 0) is 4.74 Å². The Morgan fingerprint density at radius 1 is 1.20 bits per heavy atom. The molecule has 2 N–H and O–H groups in total. The molecule has 0 aromatic carbocycles. The van der Waals surface area contributed by atoms with Crippen LogP contribution < -0.4 is 15.4 Å². The maximum atomic E-state index is 5.81. The van der Waals surface area contributed by atoms with Crippen LogP contribution in [0.5, 0.6) is 5.75 Å². The Morgan fingerprint density at radius 3 is 2.55 bits per heavy atom. The van der Waals surface area contributed by atoms with Crippen LogP contribution in [0.1, 0.15) is 32.6 Å². The lowest BCUT2D eigenvalue weighted by atomic mass is 10.3. The molecule has 0 aliphatic heterocycles. The van der Waals surface area contributed by atoms with Crippen LogP contribution in [0.3, 0.4) is 0 Å². The normalized spacial score (nSPS) is 15.3. The standard InChI is InChI=1S/C14H24N4O2/c1-3-15-13-12(19-2)14(18-10-17-13)16-8-9-20-11-6-4-5-7-11/h10-11H,3-9H2,1-2H3,(H2,15,16,17,18). The van der Waals surface area contributed by atoms with Gasteiger partial charge in [0.05, 0.1) is 19.8 Å². The van der Waals surface area contributed by atoms with Crippen molar-refractivity contribution in [1.82, 2.24) is 9.97 Å². The zero-order valence-corrected chi connectivity index (χ0v) is 12.3. The summed E-state index contributed by atoms with van der Waals surface area (Å²) in [5.41, 5.74) is 0. The summed E-state index contributed by atoms with van der Waals surface area (Å²) in [6.07, 6.45) is 6.96. The molecule has 20 heavy (non-hydrogen) atoms. The minimum atomic E-state index is 0.446. The second-order valence-corrected chi connectivity index (χ2v) is 4.84. The van der Waals surface area contributed by atoms with E-state index in [0.29, 0.717) is 30.1 Å². The van der Waals surface area contributed by atoms with E-state index in [0.717, 1.165) is 13.1 Å². The summed E-state index contributed by atoms with van der Waals surface area (Å²) >= 11 is 0. The highest BCUT2D eigenvalue weighted by molar-refractivity contribution is 5.63. The zero-order chi connectivity index (χ0) is 14.2. The van der Waals surface area contributed by atoms with E-state index < -0.39 is 0 Å². The van der Waals surface area contributed by atoms with Crippen molar-refractivity contribution in [3.63, 3.8) is 0 Å². The van der Waals surface area contributed by atoms with Gasteiger partial charge in [-0.05, 0) is 19.8 Å². The number of rotatable bonds is 8. The Morgan fingerprint density at radius 2 is 1.90 bits per heavy atom. The molecule has 0 radical (unpaired) electrons. The van der Waals surface area contributed by atoms with Gasteiger partial charge in [-0.15, -0.1) is 0 Å². The van der Waals surface area contributed by atoms with Crippen molar-refractivity contribution in [2.24, 2.45) is 0 Å². The number of anilines is 2. The van der Waals surface area contributed by atoms with Crippen LogP contribution in [0.25, 0.3) is 0 Å². The van der Waals surface area contributed by atoms with Crippen molar-refractivity contribution < 1.29 is 9.47 Å². The van der Waals surface area contributed by atoms with Crippen LogP contribution in [0.15, 0.2) is 6.33 Å². The maximum Gasteiger partial charge on any atom is 0.204 e. The van der Waals surface area contributed by atoms with Crippen LogP contribution >= 0.6 is 0 Å². The summed E-state index contributed by atoms with van der Waals surface area (Å²) in [6.45, 7) is 4.21. The van der Waals surface area contributed by atoms with Gasteiger partial charge < -0.3 is 20.1 Å². The van der Waals surface area contributed by atoms with Crippen molar-refractivity contribution in [3.8, 4) is 5.75 Å². The van der Waals surface area contributed by atoms with Gasteiger partial charge in [-0.1, -0.05) is 12.8 Å². The number of hydrogen-bond acceptors (Lipinski definition) is 6. The van der Waals surface area contributed by atoms with E-state index in [1.807, 2.05) is 6.92 Å². The number of ether oxygens (including phenoxy) is 2. The first-order chi connectivity index (χ1) is 9.85. The third-order valence-electron chi connectivity index (χ3n) is 3.40. The van der Waals surface area contributed by atoms with E-state index in [1.54, 1.807) is 7.11 Å². The molecule has 0 spiro atoms. The number of aromatic nitrogens is 2. The van der Waals surface area contributed by atoms with E-state index in [2.05, 4.69) is 20.6 Å². The molecule has 112 valence electrons. The highest BCUT2D eigenvalue weighted by atomic mass is 16.5. The van der Waals surface area contributed by atoms with Gasteiger partial charge >= 0.3 is 0 Å². The Kier molecular flexibility index (Phi) is 5.86. The molecule has 0 amide bonds. The van der Waals surface area contributed by atoms with E-state index in [4.69, 9.17) is 9.47 Å². The highest BCUT2D eigenvalue weighted by Gasteiger charge is 2.15. The molecule has 1 aliphatic rings. The Bertz CT molecular complexity index is 408. The Balaban J connectivity index is 1.83. The molecule has 1 heterocycles. The van der Waals surface area contributed by atoms with E-state index in [1.165, 1.54) is 32.0 Å². The van der Waals surface area contributed by atoms with Crippen molar-refractivity contribution in [2.75, 3.05) is 37.4 Å². The van der Waals surface area contributed by atoms with Crippen molar-refractivity contribution in [2.45, 2.75) is 38.7 Å². The lowest BCUT2D eigenvalue weighted by Crippen LogP contribution is -2.16. The minimum absolute atomic E-state index is 0.446. The van der Waals surface area contributed by atoms with Gasteiger partial charge in [-0.25, -0.2) is 9.97 Å². The monoisotopic (exact) mass is 280 g/mol. The minimum Gasteiger partial charge on any atom is -0.490 e. The van der Waals surface area contributed by atoms with Gasteiger partial charge in [0.1, 0.15) is 6.33 Å². The van der Waals surface area contributed by atoms with Crippen LogP contribution in [0.2, 0.25) is 0 Å². The van der Waals surface area contributed by atoms with Gasteiger partial charge in [0, 0.05) is 13.1 Å². The predicted molar refractivity (Wildman–Crippen MR) is 79.4 cm³/mol. The molecule has 0 unspecified atom stereocenters. The SMILES string of the molecule is CCNc1ncnc(NCCOC2CCCC2)c1OC.